The van der Waals surface area contributed by atoms with Gasteiger partial charge in [-0.3, -0.25) is 4.79 Å². The number of aliphatic hydroxyl groups is 3. The van der Waals surface area contributed by atoms with Gasteiger partial charge in [0.05, 0.1) is 13.2 Å². The summed E-state index contributed by atoms with van der Waals surface area (Å²) >= 11 is 0. The SMILES string of the molecule is CCCCCC(=O)O.OCC(O)CO. The van der Waals surface area contributed by atoms with Crippen molar-refractivity contribution in [3.63, 3.8) is 0 Å². The Kier molecular flexibility index (Phi) is 13.9. The Morgan fingerprint density at radius 1 is 1.21 bits per heavy atom. The predicted molar refractivity (Wildman–Crippen MR) is 52.0 cm³/mol. The maximum atomic E-state index is 9.87. The summed E-state index contributed by atoms with van der Waals surface area (Å²) in [5.41, 5.74) is 0. The van der Waals surface area contributed by atoms with Gasteiger partial charge in [-0.1, -0.05) is 19.8 Å². The van der Waals surface area contributed by atoms with Gasteiger partial charge in [0, 0.05) is 6.42 Å². The Bertz CT molecular complexity index is 122. The van der Waals surface area contributed by atoms with Crippen molar-refractivity contribution >= 4 is 5.97 Å². The lowest BCUT2D eigenvalue weighted by molar-refractivity contribution is -0.137. The minimum absolute atomic E-state index is 0.327. The smallest absolute Gasteiger partial charge is 0.303 e. The fourth-order valence-electron chi connectivity index (χ4n) is 0.584. The van der Waals surface area contributed by atoms with Gasteiger partial charge < -0.3 is 20.4 Å². The summed E-state index contributed by atoms with van der Waals surface area (Å²) in [7, 11) is 0. The Morgan fingerprint density at radius 3 is 1.93 bits per heavy atom. The molecule has 0 aliphatic carbocycles. The van der Waals surface area contributed by atoms with Crippen molar-refractivity contribution in [1.29, 1.82) is 0 Å². The molecule has 0 unspecified atom stereocenters. The summed E-state index contributed by atoms with van der Waals surface area (Å²) in [6.07, 6.45) is 2.32. The van der Waals surface area contributed by atoms with Crippen molar-refractivity contribution in [3.05, 3.63) is 0 Å². The van der Waals surface area contributed by atoms with Crippen molar-refractivity contribution in [3.8, 4) is 0 Å². The first-order valence-corrected chi connectivity index (χ1v) is 4.70. The number of aliphatic hydroxyl groups excluding tert-OH is 3. The standard InChI is InChI=1S/C6H12O2.C3H8O3/c1-2-3-4-5-6(7)8;4-1-3(6)2-5/h2-5H2,1H3,(H,7,8);3-6H,1-2H2. The molecule has 14 heavy (non-hydrogen) atoms. The molecular weight excluding hydrogens is 188 g/mol. The highest BCUT2D eigenvalue weighted by Crippen LogP contribution is 1.97. The maximum absolute atomic E-state index is 9.87. The number of unbranched alkanes of at least 4 members (excludes halogenated alkanes) is 2. The maximum Gasteiger partial charge on any atom is 0.303 e. The van der Waals surface area contributed by atoms with Crippen molar-refractivity contribution in [2.75, 3.05) is 13.2 Å². The van der Waals surface area contributed by atoms with E-state index in [9.17, 15) is 4.79 Å². The lowest BCUT2D eigenvalue weighted by atomic mass is 10.2. The molecule has 5 heteroatoms. The van der Waals surface area contributed by atoms with Crippen LogP contribution in [0.5, 0.6) is 0 Å². The Morgan fingerprint density at radius 2 is 1.71 bits per heavy atom. The van der Waals surface area contributed by atoms with Gasteiger partial charge >= 0.3 is 5.97 Å². The van der Waals surface area contributed by atoms with Gasteiger partial charge in [-0.15, -0.1) is 0 Å². The van der Waals surface area contributed by atoms with Gasteiger partial charge in [-0.2, -0.15) is 0 Å². The summed E-state index contributed by atoms with van der Waals surface area (Å²) < 4.78 is 0. The van der Waals surface area contributed by atoms with E-state index in [-0.39, 0.29) is 13.2 Å². The number of hydrogen-bond donors (Lipinski definition) is 4. The van der Waals surface area contributed by atoms with E-state index in [2.05, 4.69) is 6.92 Å². The van der Waals surface area contributed by atoms with Gasteiger partial charge in [0.2, 0.25) is 0 Å². The van der Waals surface area contributed by atoms with E-state index in [1.165, 1.54) is 0 Å². The third-order valence-corrected chi connectivity index (χ3v) is 1.42. The number of hydrogen-bond acceptors (Lipinski definition) is 4. The highest BCUT2D eigenvalue weighted by molar-refractivity contribution is 5.66. The van der Waals surface area contributed by atoms with Crippen molar-refractivity contribution in [2.24, 2.45) is 0 Å². The van der Waals surface area contributed by atoms with Crippen LogP contribution < -0.4 is 0 Å². The minimum atomic E-state index is -0.954. The largest absolute Gasteiger partial charge is 0.481 e. The Balaban J connectivity index is 0. The molecule has 0 rings (SSSR count). The van der Waals surface area contributed by atoms with Gasteiger partial charge in [0.15, 0.2) is 0 Å². The lowest BCUT2D eigenvalue weighted by Crippen LogP contribution is -2.15. The number of aliphatic carboxylic acids is 1. The van der Waals surface area contributed by atoms with E-state index in [0.717, 1.165) is 19.3 Å². The number of carboxylic acid groups (broad SMARTS) is 1. The van der Waals surface area contributed by atoms with Gasteiger partial charge in [-0.05, 0) is 6.42 Å². The molecule has 0 atom stereocenters. The molecule has 0 aromatic heterocycles. The molecule has 5 nitrogen and oxygen atoms in total. The second kappa shape index (κ2) is 12.3. The molecule has 0 fully saturated rings. The van der Waals surface area contributed by atoms with Crippen molar-refractivity contribution in [2.45, 2.75) is 38.7 Å². The first-order valence-electron chi connectivity index (χ1n) is 4.70. The zero-order valence-electron chi connectivity index (χ0n) is 8.52. The Labute approximate surface area is 84.0 Å². The Hall–Kier alpha value is -0.650. The first kappa shape index (κ1) is 15.8. The van der Waals surface area contributed by atoms with Gasteiger partial charge in [0.25, 0.3) is 0 Å². The van der Waals surface area contributed by atoms with Crippen molar-refractivity contribution < 1.29 is 25.2 Å². The molecular formula is C9H20O5. The molecule has 0 amide bonds. The molecule has 4 N–H and O–H groups in total. The van der Waals surface area contributed by atoms with Gasteiger partial charge in [0.1, 0.15) is 6.10 Å². The third-order valence-electron chi connectivity index (χ3n) is 1.42. The fraction of sp³-hybridized carbons (Fsp3) is 0.889. The van der Waals surface area contributed by atoms with Crippen LogP contribution >= 0.6 is 0 Å². The van der Waals surface area contributed by atoms with Crippen LogP contribution in [-0.4, -0.2) is 45.7 Å². The highest BCUT2D eigenvalue weighted by atomic mass is 16.4. The average molecular weight is 208 g/mol. The molecule has 0 saturated carbocycles. The fourth-order valence-corrected chi connectivity index (χ4v) is 0.584. The van der Waals surface area contributed by atoms with E-state index in [1.54, 1.807) is 0 Å². The summed E-state index contributed by atoms with van der Waals surface area (Å²) in [6, 6.07) is 0. The van der Waals surface area contributed by atoms with Crippen LogP contribution in [-0.2, 0) is 4.79 Å². The summed E-state index contributed by atoms with van der Waals surface area (Å²) in [5, 5.41) is 32.2. The first-order chi connectivity index (χ1) is 6.58. The predicted octanol–water partition coefficient (Wildman–Crippen LogP) is -0.0168. The van der Waals surface area contributed by atoms with Crippen LogP contribution in [0.4, 0.5) is 0 Å². The summed E-state index contributed by atoms with van der Waals surface area (Å²) in [4.78, 5) is 9.87. The number of carboxylic acids is 1. The summed E-state index contributed by atoms with van der Waals surface area (Å²) in [5.74, 6) is -0.682. The summed E-state index contributed by atoms with van der Waals surface area (Å²) in [6.45, 7) is 1.33. The van der Waals surface area contributed by atoms with E-state index in [1.807, 2.05) is 0 Å². The molecule has 0 aliphatic heterocycles. The number of carbonyl (C=O) groups is 1. The average Bonchev–Trinajstić information content (AvgIpc) is 2.17. The molecule has 0 saturated heterocycles. The van der Waals surface area contributed by atoms with Crippen LogP contribution in [0.2, 0.25) is 0 Å². The molecule has 0 aliphatic rings. The van der Waals surface area contributed by atoms with E-state index < -0.39 is 12.1 Å². The van der Waals surface area contributed by atoms with Crippen molar-refractivity contribution in [1.82, 2.24) is 0 Å². The third kappa shape index (κ3) is 17.4. The number of rotatable bonds is 6. The molecule has 0 heterocycles. The second-order valence-electron chi connectivity index (χ2n) is 2.87. The monoisotopic (exact) mass is 208 g/mol. The molecule has 0 radical (unpaired) electrons. The van der Waals surface area contributed by atoms with E-state index in [4.69, 9.17) is 20.4 Å². The minimum Gasteiger partial charge on any atom is -0.481 e. The van der Waals surface area contributed by atoms with Crippen LogP contribution in [0, 0.1) is 0 Å². The molecule has 0 aromatic carbocycles. The van der Waals surface area contributed by atoms with E-state index >= 15 is 0 Å². The topological polar surface area (TPSA) is 98.0 Å². The quantitative estimate of drug-likeness (QED) is 0.460. The normalized spacial score (nSPS) is 9.50. The highest BCUT2D eigenvalue weighted by Gasteiger charge is 1.94. The molecule has 0 spiro atoms. The lowest BCUT2D eigenvalue weighted by Gasteiger charge is -1.96. The van der Waals surface area contributed by atoms with Crippen LogP contribution in [0.15, 0.2) is 0 Å². The van der Waals surface area contributed by atoms with Crippen LogP contribution in [0.3, 0.4) is 0 Å². The van der Waals surface area contributed by atoms with Gasteiger partial charge in [-0.25, -0.2) is 0 Å². The van der Waals surface area contributed by atoms with Crippen LogP contribution in [0.1, 0.15) is 32.6 Å². The molecule has 0 aromatic rings. The second-order valence-corrected chi connectivity index (χ2v) is 2.87. The zero-order valence-corrected chi connectivity index (χ0v) is 8.52. The molecule has 0 bridgehead atoms. The zero-order chi connectivity index (χ0) is 11.4. The van der Waals surface area contributed by atoms with Crippen LogP contribution in [0.25, 0.3) is 0 Å². The molecule has 86 valence electrons. The van der Waals surface area contributed by atoms with E-state index in [0.29, 0.717) is 6.42 Å².